The van der Waals surface area contributed by atoms with Crippen molar-refractivity contribution in [2.45, 2.75) is 25.2 Å². The van der Waals surface area contributed by atoms with Crippen molar-refractivity contribution in [3.8, 4) is 5.75 Å². The van der Waals surface area contributed by atoms with Crippen molar-refractivity contribution >= 4 is 21.6 Å². The Hall–Kier alpha value is -3.16. The van der Waals surface area contributed by atoms with Crippen LogP contribution in [0.4, 0.5) is 5.69 Å². The van der Waals surface area contributed by atoms with Gasteiger partial charge < -0.3 is 10.1 Å². The monoisotopic (exact) mass is 452 g/mol. The summed E-state index contributed by atoms with van der Waals surface area (Å²) in [5.74, 6) is -0.179. The number of benzene rings is 3. The fourth-order valence-electron chi connectivity index (χ4n) is 3.53. The summed E-state index contributed by atoms with van der Waals surface area (Å²) < 4.78 is 32.8. The lowest BCUT2D eigenvalue weighted by molar-refractivity contribution is 0.102. The predicted molar refractivity (Wildman–Crippen MR) is 127 cm³/mol. The Labute approximate surface area is 189 Å². The Bertz CT molecular complexity index is 1170. The van der Waals surface area contributed by atoms with E-state index >= 15 is 0 Å². The zero-order valence-corrected chi connectivity index (χ0v) is 19.4. The van der Waals surface area contributed by atoms with E-state index in [-0.39, 0.29) is 22.1 Å². The molecule has 0 aliphatic carbocycles. The molecule has 0 unspecified atom stereocenters. The molecule has 0 saturated carbocycles. The molecule has 168 valence electrons. The van der Waals surface area contributed by atoms with Gasteiger partial charge in [-0.05, 0) is 41.8 Å². The van der Waals surface area contributed by atoms with Crippen LogP contribution in [0.15, 0.2) is 77.7 Å². The smallest absolute Gasteiger partial charge is 0.255 e. The zero-order valence-electron chi connectivity index (χ0n) is 18.5. The van der Waals surface area contributed by atoms with Crippen molar-refractivity contribution in [3.05, 3.63) is 89.5 Å². The molecular weight excluding hydrogens is 424 g/mol. The largest absolute Gasteiger partial charge is 0.495 e. The van der Waals surface area contributed by atoms with Gasteiger partial charge in [-0.2, -0.15) is 4.31 Å². The Kier molecular flexibility index (Phi) is 7.66. The maximum absolute atomic E-state index is 13.1. The molecule has 0 bridgehead atoms. The van der Waals surface area contributed by atoms with Crippen LogP contribution in [-0.2, 0) is 16.4 Å². The number of hydrogen-bond donors (Lipinski definition) is 1. The zero-order chi connectivity index (χ0) is 23.1. The fourth-order valence-corrected chi connectivity index (χ4v) is 5.17. The molecule has 0 atom stereocenters. The van der Waals surface area contributed by atoms with E-state index < -0.39 is 10.0 Å². The Morgan fingerprint density at radius 3 is 2.25 bits per heavy atom. The second-order valence-electron chi connectivity index (χ2n) is 7.23. The van der Waals surface area contributed by atoms with E-state index in [1.54, 1.807) is 19.9 Å². The quantitative estimate of drug-likeness (QED) is 0.516. The molecule has 0 aliphatic heterocycles. The van der Waals surface area contributed by atoms with Gasteiger partial charge in [0.05, 0.1) is 7.11 Å². The third-order valence-electron chi connectivity index (χ3n) is 5.25. The van der Waals surface area contributed by atoms with E-state index in [2.05, 4.69) is 5.32 Å². The summed E-state index contributed by atoms with van der Waals surface area (Å²) in [6.45, 7) is 4.19. The van der Waals surface area contributed by atoms with Crippen LogP contribution in [0.3, 0.4) is 0 Å². The number of nitrogens with one attached hydrogen (secondary N) is 1. The van der Waals surface area contributed by atoms with Crippen LogP contribution < -0.4 is 10.1 Å². The van der Waals surface area contributed by atoms with Crippen molar-refractivity contribution in [1.82, 2.24) is 4.31 Å². The standard InChI is InChI=1S/C25H28N2O4S/c1-4-27(5-2)32(29,30)24-18-21(15-16-23(24)31-3)25(28)26-22-14-10-9-13-20(22)17-19-11-7-6-8-12-19/h6-16,18H,4-5,17H2,1-3H3,(H,26,28). The fraction of sp³-hybridized carbons (Fsp3) is 0.240. The molecule has 6 nitrogen and oxygen atoms in total. The minimum absolute atomic E-state index is 0.0195. The van der Waals surface area contributed by atoms with Gasteiger partial charge in [-0.15, -0.1) is 0 Å². The molecule has 0 fully saturated rings. The van der Waals surface area contributed by atoms with Crippen molar-refractivity contribution in [3.63, 3.8) is 0 Å². The number of methoxy groups -OCH3 is 1. The first-order valence-electron chi connectivity index (χ1n) is 10.5. The number of nitrogens with zero attached hydrogens (tertiary/aromatic N) is 1. The lowest BCUT2D eigenvalue weighted by Gasteiger charge is -2.20. The van der Waals surface area contributed by atoms with E-state index in [4.69, 9.17) is 4.74 Å². The number of para-hydroxylation sites is 1. The Morgan fingerprint density at radius 1 is 0.938 bits per heavy atom. The van der Waals surface area contributed by atoms with Crippen molar-refractivity contribution in [2.75, 3.05) is 25.5 Å². The van der Waals surface area contributed by atoms with Gasteiger partial charge in [0.15, 0.2) is 0 Å². The van der Waals surface area contributed by atoms with Gasteiger partial charge in [0.2, 0.25) is 10.0 Å². The van der Waals surface area contributed by atoms with Gasteiger partial charge in [-0.3, -0.25) is 4.79 Å². The molecule has 7 heteroatoms. The van der Waals surface area contributed by atoms with Crippen LogP contribution in [0.5, 0.6) is 5.75 Å². The molecule has 0 radical (unpaired) electrons. The number of hydrogen-bond acceptors (Lipinski definition) is 4. The molecule has 3 aromatic rings. The highest BCUT2D eigenvalue weighted by atomic mass is 32.2. The summed E-state index contributed by atoms with van der Waals surface area (Å²) in [4.78, 5) is 13.0. The van der Waals surface area contributed by atoms with Crippen LogP contribution in [0.2, 0.25) is 0 Å². The Balaban J connectivity index is 1.91. The average molecular weight is 453 g/mol. The molecule has 0 heterocycles. The highest BCUT2D eigenvalue weighted by Crippen LogP contribution is 2.28. The van der Waals surface area contributed by atoms with Gasteiger partial charge in [0.1, 0.15) is 10.6 Å². The van der Waals surface area contributed by atoms with E-state index in [1.807, 2.05) is 54.6 Å². The molecule has 32 heavy (non-hydrogen) atoms. The third-order valence-corrected chi connectivity index (χ3v) is 7.32. The molecule has 0 aromatic heterocycles. The number of rotatable bonds is 9. The molecule has 3 aromatic carbocycles. The van der Waals surface area contributed by atoms with E-state index in [0.717, 1.165) is 11.1 Å². The summed E-state index contributed by atoms with van der Waals surface area (Å²) in [6.07, 6.45) is 0.668. The minimum Gasteiger partial charge on any atom is -0.495 e. The van der Waals surface area contributed by atoms with E-state index in [9.17, 15) is 13.2 Å². The molecule has 0 aliphatic rings. The molecule has 0 saturated heterocycles. The second-order valence-corrected chi connectivity index (χ2v) is 9.13. The van der Waals surface area contributed by atoms with Gasteiger partial charge in [-0.25, -0.2) is 8.42 Å². The first-order valence-corrected chi connectivity index (χ1v) is 12.0. The summed E-state index contributed by atoms with van der Waals surface area (Å²) in [6, 6.07) is 22.0. The van der Waals surface area contributed by atoms with E-state index in [1.165, 1.54) is 23.5 Å². The molecule has 0 spiro atoms. The van der Waals surface area contributed by atoms with Crippen LogP contribution in [0.25, 0.3) is 0 Å². The normalized spacial score (nSPS) is 11.4. The number of carbonyl (C=O) groups excluding carboxylic acids is 1. The minimum atomic E-state index is -3.79. The topological polar surface area (TPSA) is 75.7 Å². The van der Waals surface area contributed by atoms with Crippen molar-refractivity contribution < 1.29 is 17.9 Å². The molecule has 3 rings (SSSR count). The second kappa shape index (κ2) is 10.4. The first-order chi connectivity index (χ1) is 15.4. The first kappa shape index (κ1) is 23.5. The van der Waals surface area contributed by atoms with Crippen LogP contribution in [0.1, 0.15) is 35.3 Å². The van der Waals surface area contributed by atoms with Crippen LogP contribution in [-0.4, -0.2) is 38.8 Å². The van der Waals surface area contributed by atoms with Crippen LogP contribution >= 0.6 is 0 Å². The maximum Gasteiger partial charge on any atom is 0.255 e. The summed E-state index contributed by atoms with van der Waals surface area (Å²) >= 11 is 0. The number of carbonyl (C=O) groups is 1. The number of amides is 1. The lowest BCUT2D eigenvalue weighted by Crippen LogP contribution is -2.31. The average Bonchev–Trinajstić information content (AvgIpc) is 2.81. The van der Waals surface area contributed by atoms with Gasteiger partial charge >= 0.3 is 0 Å². The number of ether oxygens (including phenoxy) is 1. The van der Waals surface area contributed by atoms with Gasteiger partial charge in [0.25, 0.3) is 5.91 Å². The highest BCUT2D eigenvalue weighted by Gasteiger charge is 2.27. The molecular formula is C25H28N2O4S. The maximum atomic E-state index is 13.1. The van der Waals surface area contributed by atoms with Crippen molar-refractivity contribution in [1.29, 1.82) is 0 Å². The van der Waals surface area contributed by atoms with Gasteiger partial charge in [-0.1, -0.05) is 62.4 Å². The van der Waals surface area contributed by atoms with Crippen molar-refractivity contribution in [2.24, 2.45) is 0 Å². The summed E-state index contributed by atoms with van der Waals surface area (Å²) in [5.41, 5.74) is 3.03. The summed E-state index contributed by atoms with van der Waals surface area (Å²) in [5, 5.41) is 2.93. The van der Waals surface area contributed by atoms with Gasteiger partial charge in [0, 0.05) is 24.3 Å². The SMILES string of the molecule is CCN(CC)S(=O)(=O)c1cc(C(=O)Nc2ccccc2Cc2ccccc2)ccc1OC. The van der Waals surface area contributed by atoms with E-state index in [0.29, 0.717) is 25.2 Å². The number of anilines is 1. The number of sulfonamides is 1. The predicted octanol–water partition coefficient (Wildman–Crippen LogP) is 4.57. The molecule has 1 amide bonds. The summed E-state index contributed by atoms with van der Waals surface area (Å²) in [7, 11) is -2.38. The van der Waals surface area contributed by atoms with Crippen LogP contribution in [0, 0.1) is 0 Å². The lowest BCUT2D eigenvalue weighted by atomic mass is 10.0. The Morgan fingerprint density at radius 2 is 1.59 bits per heavy atom. The molecule has 1 N–H and O–H groups in total. The third kappa shape index (κ3) is 5.18. The highest BCUT2D eigenvalue weighted by molar-refractivity contribution is 7.89.